The van der Waals surface area contributed by atoms with E-state index in [0.717, 1.165) is 0 Å². The zero-order valence-electron chi connectivity index (χ0n) is 15.0. The number of ether oxygens (including phenoxy) is 2. The number of nitrogens with one attached hydrogen (secondary N) is 1. The average molecular weight is 388 g/mol. The maximum atomic E-state index is 13.1. The molecule has 0 radical (unpaired) electrons. The molecule has 1 N–H and O–H groups in total. The minimum atomic E-state index is -3.79. The number of rotatable bonds is 5. The normalized spacial score (nSPS) is 24.8. The van der Waals surface area contributed by atoms with Crippen LogP contribution in [-0.2, 0) is 14.8 Å². The van der Waals surface area contributed by atoms with Crippen molar-refractivity contribution in [3.05, 3.63) is 48.5 Å². The topological polar surface area (TPSA) is 84.9 Å². The predicted molar refractivity (Wildman–Crippen MR) is 102 cm³/mol. The lowest BCUT2D eigenvalue weighted by Crippen LogP contribution is -2.42. The molecule has 142 valence electrons. The zero-order valence-corrected chi connectivity index (χ0v) is 15.8. The predicted octanol–water partition coefficient (Wildman–Crippen LogP) is 2.25. The molecule has 4 rings (SSSR count). The Morgan fingerprint density at radius 1 is 1.11 bits per heavy atom. The Morgan fingerprint density at radius 2 is 1.81 bits per heavy atom. The monoisotopic (exact) mass is 388 g/mol. The first-order valence-electron chi connectivity index (χ1n) is 8.55. The van der Waals surface area contributed by atoms with Crippen molar-refractivity contribution in [2.45, 2.75) is 11.2 Å². The van der Waals surface area contributed by atoms with Crippen molar-refractivity contribution in [2.75, 3.05) is 30.4 Å². The number of sulfonamides is 1. The molecule has 2 aliphatic rings. The lowest BCUT2D eigenvalue weighted by atomic mass is 10.2. The minimum Gasteiger partial charge on any atom is -0.493 e. The number of hydrogen-bond donors (Lipinski definition) is 1. The Hall–Kier alpha value is -2.74. The summed E-state index contributed by atoms with van der Waals surface area (Å²) in [4.78, 5) is 12.9. The summed E-state index contributed by atoms with van der Waals surface area (Å²) in [6.45, 7) is 0.325. The minimum absolute atomic E-state index is 0.206. The standard InChI is InChI=1S/C19H20N2O5S/c1-25-16-9-8-14(10-17(16)26-2)20-18(22)19-11-13(19)12-21(27(19,23)24)15-6-4-3-5-7-15/h3-10,13H,11-12H2,1-2H3,(H,20,22)/t13-,19-/m1/s1. The Balaban J connectivity index is 1.60. The van der Waals surface area contributed by atoms with Gasteiger partial charge in [-0.25, -0.2) is 8.42 Å². The molecule has 2 atom stereocenters. The van der Waals surface area contributed by atoms with E-state index in [4.69, 9.17) is 9.47 Å². The molecule has 2 fully saturated rings. The zero-order chi connectivity index (χ0) is 19.2. The van der Waals surface area contributed by atoms with Crippen molar-refractivity contribution in [3.8, 4) is 11.5 Å². The number of carbonyl (C=O) groups is 1. The molecule has 0 spiro atoms. The summed E-state index contributed by atoms with van der Waals surface area (Å²) in [5, 5.41) is 2.74. The molecule has 27 heavy (non-hydrogen) atoms. The lowest BCUT2D eigenvalue weighted by molar-refractivity contribution is -0.116. The average Bonchev–Trinajstić information content (AvgIpc) is 3.37. The van der Waals surface area contributed by atoms with Gasteiger partial charge in [-0.15, -0.1) is 0 Å². The van der Waals surface area contributed by atoms with E-state index in [-0.39, 0.29) is 5.92 Å². The molecule has 1 saturated heterocycles. The summed E-state index contributed by atoms with van der Waals surface area (Å²) in [6.07, 6.45) is 0.345. The smallest absolute Gasteiger partial charge is 0.250 e. The molecule has 1 aliphatic heterocycles. The molecule has 1 heterocycles. The van der Waals surface area contributed by atoms with E-state index in [0.29, 0.717) is 35.8 Å². The fourth-order valence-electron chi connectivity index (χ4n) is 3.71. The molecule has 2 aromatic rings. The second kappa shape index (κ2) is 6.16. The first-order chi connectivity index (χ1) is 12.9. The van der Waals surface area contributed by atoms with Crippen LogP contribution in [0.25, 0.3) is 0 Å². The van der Waals surface area contributed by atoms with Gasteiger partial charge in [-0.05, 0) is 30.7 Å². The van der Waals surface area contributed by atoms with Gasteiger partial charge in [0.15, 0.2) is 16.2 Å². The van der Waals surface area contributed by atoms with Crippen LogP contribution in [0, 0.1) is 5.92 Å². The molecular formula is C19H20N2O5S. The Labute approximate surface area is 157 Å². The highest BCUT2D eigenvalue weighted by Crippen LogP contribution is 2.58. The number of amides is 1. The van der Waals surface area contributed by atoms with Crippen LogP contribution < -0.4 is 19.1 Å². The van der Waals surface area contributed by atoms with Crippen LogP contribution in [0.4, 0.5) is 11.4 Å². The highest BCUT2D eigenvalue weighted by atomic mass is 32.2. The number of carbonyl (C=O) groups excluding carboxylic acids is 1. The Kier molecular flexibility index (Phi) is 4.03. The van der Waals surface area contributed by atoms with E-state index in [9.17, 15) is 13.2 Å². The molecular weight excluding hydrogens is 368 g/mol. The van der Waals surface area contributed by atoms with E-state index in [1.54, 1.807) is 42.5 Å². The van der Waals surface area contributed by atoms with Gasteiger partial charge in [0, 0.05) is 24.2 Å². The lowest BCUT2D eigenvalue weighted by Gasteiger charge is -2.23. The van der Waals surface area contributed by atoms with E-state index in [2.05, 4.69) is 5.32 Å². The Bertz CT molecular complexity index is 992. The summed E-state index contributed by atoms with van der Waals surface area (Å²) in [7, 11) is -0.770. The van der Waals surface area contributed by atoms with Crippen molar-refractivity contribution < 1.29 is 22.7 Å². The number of anilines is 2. The van der Waals surface area contributed by atoms with Crippen molar-refractivity contribution >= 4 is 27.3 Å². The third-order valence-corrected chi connectivity index (χ3v) is 7.80. The van der Waals surface area contributed by atoms with Crippen LogP contribution in [0.3, 0.4) is 0 Å². The van der Waals surface area contributed by atoms with Crippen LogP contribution in [0.15, 0.2) is 48.5 Å². The molecule has 1 amide bonds. The van der Waals surface area contributed by atoms with Crippen molar-refractivity contribution in [2.24, 2.45) is 5.92 Å². The molecule has 1 saturated carbocycles. The molecule has 8 heteroatoms. The molecule has 0 aromatic heterocycles. The highest BCUT2D eigenvalue weighted by molar-refractivity contribution is 7.95. The molecule has 2 aromatic carbocycles. The van der Waals surface area contributed by atoms with Gasteiger partial charge >= 0.3 is 0 Å². The fraction of sp³-hybridized carbons (Fsp3) is 0.316. The largest absolute Gasteiger partial charge is 0.493 e. The number of para-hydroxylation sites is 1. The van der Waals surface area contributed by atoms with Gasteiger partial charge in [-0.3, -0.25) is 9.10 Å². The number of fused-ring (bicyclic) bond motifs is 1. The first kappa shape index (κ1) is 17.7. The third kappa shape index (κ3) is 2.55. The fourth-order valence-corrected chi connectivity index (χ4v) is 6.08. The summed E-state index contributed by atoms with van der Waals surface area (Å²) in [6, 6.07) is 13.8. The van der Waals surface area contributed by atoms with Gasteiger partial charge in [-0.1, -0.05) is 18.2 Å². The quantitative estimate of drug-likeness (QED) is 0.849. The van der Waals surface area contributed by atoms with E-state index in [1.165, 1.54) is 18.5 Å². The third-order valence-electron chi connectivity index (χ3n) is 5.26. The molecule has 0 unspecified atom stereocenters. The van der Waals surface area contributed by atoms with Crippen LogP contribution in [0.5, 0.6) is 11.5 Å². The van der Waals surface area contributed by atoms with Crippen LogP contribution in [0.2, 0.25) is 0 Å². The van der Waals surface area contributed by atoms with Crippen LogP contribution >= 0.6 is 0 Å². The van der Waals surface area contributed by atoms with Gasteiger partial charge in [0.05, 0.1) is 19.9 Å². The van der Waals surface area contributed by atoms with Gasteiger partial charge < -0.3 is 14.8 Å². The second-order valence-electron chi connectivity index (χ2n) is 6.69. The van der Waals surface area contributed by atoms with E-state index < -0.39 is 20.7 Å². The number of benzene rings is 2. The van der Waals surface area contributed by atoms with Crippen molar-refractivity contribution in [1.82, 2.24) is 0 Å². The molecule has 7 nitrogen and oxygen atoms in total. The molecule has 1 aliphatic carbocycles. The maximum absolute atomic E-state index is 13.1. The van der Waals surface area contributed by atoms with Gasteiger partial charge in [0.25, 0.3) is 0 Å². The second-order valence-corrected chi connectivity index (χ2v) is 8.81. The van der Waals surface area contributed by atoms with Crippen molar-refractivity contribution in [1.29, 1.82) is 0 Å². The molecule has 0 bridgehead atoms. The Morgan fingerprint density at radius 3 is 2.48 bits per heavy atom. The number of nitrogens with zero attached hydrogens (tertiary/aromatic N) is 1. The van der Waals surface area contributed by atoms with Crippen LogP contribution in [0.1, 0.15) is 6.42 Å². The highest BCUT2D eigenvalue weighted by Gasteiger charge is 2.75. The summed E-state index contributed by atoms with van der Waals surface area (Å²) in [5.74, 6) is 0.281. The summed E-state index contributed by atoms with van der Waals surface area (Å²) in [5.41, 5.74) is 1.05. The van der Waals surface area contributed by atoms with Gasteiger partial charge in [0.1, 0.15) is 0 Å². The summed E-state index contributed by atoms with van der Waals surface area (Å²) < 4.78 is 36.6. The maximum Gasteiger partial charge on any atom is 0.250 e. The number of hydrogen-bond acceptors (Lipinski definition) is 5. The first-order valence-corrected chi connectivity index (χ1v) is 9.99. The van der Waals surface area contributed by atoms with Gasteiger partial charge in [-0.2, -0.15) is 0 Å². The summed E-state index contributed by atoms with van der Waals surface area (Å²) >= 11 is 0. The van der Waals surface area contributed by atoms with E-state index >= 15 is 0 Å². The number of methoxy groups -OCH3 is 2. The van der Waals surface area contributed by atoms with Crippen LogP contribution in [-0.4, -0.2) is 39.8 Å². The van der Waals surface area contributed by atoms with Gasteiger partial charge in [0.2, 0.25) is 15.9 Å². The van der Waals surface area contributed by atoms with Crippen molar-refractivity contribution in [3.63, 3.8) is 0 Å². The van der Waals surface area contributed by atoms with E-state index in [1.807, 2.05) is 6.07 Å². The SMILES string of the molecule is COc1ccc(NC(=O)[C@@]23C[C@@H]2CN(c2ccccc2)S3(=O)=O)cc1OC.